The number of rotatable bonds is 8. The first-order valence-corrected chi connectivity index (χ1v) is 17.5. The third kappa shape index (κ3) is 5.28. The number of allylic oxidation sites excluding steroid dienone is 6. The first-order chi connectivity index (χ1) is 23.8. The van der Waals surface area contributed by atoms with Crippen LogP contribution in [0.5, 0.6) is 0 Å². The van der Waals surface area contributed by atoms with Gasteiger partial charge in [0.2, 0.25) is 0 Å². The summed E-state index contributed by atoms with van der Waals surface area (Å²) >= 11 is 0. The Morgan fingerprint density at radius 1 is 0.167 bits per heavy atom. The van der Waals surface area contributed by atoms with Crippen LogP contribution in [0.25, 0.3) is 55.7 Å². The van der Waals surface area contributed by atoms with Crippen molar-refractivity contribution in [2.45, 2.75) is 38.5 Å². The van der Waals surface area contributed by atoms with Gasteiger partial charge in [-0.2, -0.15) is 0 Å². The Morgan fingerprint density at radius 2 is 0.333 bits per heavy atom. The van der Waals surface area contributed by atoms with Crippen molar-refractivity contribution in [3.63, 3.8) is 0 Å². The normalized spacial score (nSPS) is 15.6. The molecule has 48 heavy (non-hydrogen) atoms. The highest BCUT2D eigenvalue weighted by atomic mass is 14.3. The molecule has 0 spiro atoms. The van der Waals surface area contributed by atoms with Gasteiger partial charge in [0.25, 0.3) is 0 Å². The van der Waals surface area contributed by atoms with E-state index in [9.17, 15) is 0 Å². The van der Waals surface area contributed by atoms with E-state index in [1.165, 1.54) is 115 Å². The van der Waals surface area contributed by atoms with Crippen molar-refractivity contribution >= 4 is 33.4 Å². The van der Waals surface area contributed by atoms with Gasteiger partial charge >= 0.3 is 0 Å². The fourth-order valence-corrected chi connectivity index (χ4v) is 7.77. The minimum absolute atomic E-state index is 1.15. The quantitative estimate of drug-likeness (QED) is 0.160. The molecule has 0 radical (unpaired) electrons. The van der Waals surface area contributed by atoms with E-state index in [-0.39, 0.29) is 0 Å². The van der Waals surface area contributed by atoms with Crippen LogP contribution in [0.1, 0.15) is 71.9 Å². The van der Waals surface area contributed by atoms with E-state index in [1.807, 2.05) is 0 Å². The molecular weight excluding hydrogens is 577 g/mol. The topological polar surface area (TPSA) is 0 Å². The molecule has 6 aromatic carbocycles. The average molecular weight is 615 g/mol. The highest BCUT2D eigenvalue weighted by Crippen LogP contribution is 2.45. The molecule has 9 rings (SSSR count). The van der Waals surface area contributed by atoms with Crippen LogP contribution in [0.2, 0.25) is 0 Å². The lowest BCUT2D eigenvalue weighted by atomic mass is 9.79. The van der Waals surface area contributed by atoms with Gasteiger partial charge in [-0.15, -0.1) is 0 Å². The molecule has 0 heteroatoms. The molecule has 0 unspecified atom stereocenters. The van der Waals surface area contributed by atoms with Crippen LogP contribution in [-0.4, -0.2) is 0 Å². The molecule has 0 heterocycles. The van der Waals surface area contributed by atoms with Crippen molar-refractivity contribution in [2.75, 3.05) is 0 Å². The maximum atomic E-state index is 2.32. The third-order valence-corrected chi connectivity index (χ3v) is 10.8. The van der Waals surface area contributed by atoms with E-state index in [0.29, 0.717) is 0 Å². The molecule has 3 aliphatic rings. The molecule has 0 atom stereocenters. The van der Waals surface area contributed by atoms with Crippen LogP contribution in [0.4, 0.5) is 0 Å². The molecular formula is C48H38. The van der Waals surface area contributed by atoms with Crippen LogP contribution in [0, 0.1) is 0 Å². The third-order valence-electron chi connectivity index (χ3n) is 10.8. The van der Waals surface area contributed by atoms with Gasteiger partial charge in [-0.05, 0) is 128 Å². The maximum Gasteiger partial charge on any atom is -0.0184 e. The van der Waals surface area contributed by atoms with Crippen LogP contribution in [0.15, 0.2) is 158 Å². The van der Waals surface area contributed by atoms with Gasteiger partial charge in [-0.3, -0.25) is 0 Å². The van der Waals surface area contributed by atoms with E-state index in [1.54, 1.807) is 0 Å². The minimum Gasteiger partial charge on any atom is -0.0622 e. The molecule has 0 N–H and O–H groups in total. The summed E-state index contributed by atoms with van der Waals surface area (Å²) in [5.74, 6) is 0. The first kappa shape index (κ1) is 28.7. The number of hydrogen-bond acceptors (Lipinski definition) is 0. The molecule has 0 amide bonds. The Balaban J connectivity index is 0.892. The van der Waals surface area contributed by atoms with E-state index in [0.717, 1.165) is 12.8 Å². The van der Waals surface area contributed by atoms with Crippen molar-refractivity contribution in [1.82, 2.24) is 0 Å². The standard InChI is InChI=1S/C48H38/c1-3-7-37(8-4-1)43-27-29-45(43)39-19-11-33(12-20-39)35-15-23-41(24-16-35)47-31-32-48(47)42-25-17-36(18-26-42)34-13-21-40(22-14-34)46-30-28-44(46)38-9-5-2-6-10-38/h1-26H,27-32H2. The molecule has 6 aromatic rings. The lowest BCUT2D eigenvalue weighted by Gasteiger charge is -2.25. The molecule has 3 aliphatic carbocycles. The van der Waals surface area contributed by atoms with E-state index in [2.05, 4.69) is 158 Å². The van der Waals surface area contributed by atoms with Crippen molar-refractivity contribution in [2.24, 2.45) is 0 Å². The lowest BCUT2D eigenvalue weighted by Crippen LogP contribution is -2.03. The molecule has 0 saturated heterocycles. The molecule has 0 fully saturated rings. The highest BCUT2D eigenvalue weighted by molar-refractivity contribution is 5.99. The van der Waals surface area contributed by atoms with Crippen molar-refractivity contribution in [1.29, 1.82) is 0 Å². The average Bonchev–Trinajstić information content (AvgIpc) is 3.09. The summed E-state index contributed by atoms with van der Waals surface area (Å²) in [6.45, 7) is 0. The Kier molecular flexibility index (Phi) is 7.36. The highest BCUT2D eigenvalue weighted by Gasteiger charge is 2.22. The molecule has 0 aliphatic heterocycles. The fraction of sp³-hybridized carbons (Fsp3) is 0.125. The van der Waals surface area contributed by atoms with Crippen LogP contribution >= 0.6 is 0 Å². The van der Waals surface area contributed by atoms with Crippen LogP contribution in [0.3, 0.4) is 0 Å². The summed E-state index contributed by atoms with van der Waals surface area (Å²) in [5, 5.41) is 0. The Morgan fingerprint density at radius 3 is 0.521 bits per heavy atom. The zero-order valence-corrected chi connectivity index (χ0v) is 27.3. The summed E-state index contributed by atoms with van der Waals surface area (Å²) in [4.78, 5) is 0. The Hall–Kier alpha value is -5.46. The maximum absolute atomic E-state index is 2.32. The fourth-order valence-electron chi connectivity index (χ4n) is 7.77. The monoisotopic (exact) mass is 614 g/mol. The van der Waals surface area contributed by atoms with E-state index in [4.69, 9.17) is 0 Å². The molecule has 0 aromatic heterocycles. The predicted molar refractivity (Wildman–Crippen MR) is 205 cm³/mol. The largest absolute Gasteiger partial charge is 0.0622 e. The van der Waals surface area contributed by atoms with Gasteiger partial charge in [0, 0.05) is 0 Å². The van der Waals surface area contributed by atoms with Crippen molar-refractivity contribution in [3.8, 4) is 22.3 Å². The predicted octanol–water partition coefficient (Wildman–Crippen LogP) is 13.1. The number of benzene rings is 6. The Labute approximate surface area is 284 Å². The van der Waals surface area contributed by atoms with Gasteiger partial charge < -0.3 is 0 Å². The van der Waals surface area contributed by atoms with Gasteiger partial charge in [0.15, 0.2) is 0 Å². The second-order valence-corrected chi connectivity index (χ2v) is 13.4. The molecule has 0 bridgehead atoms. The zero-order chi connectivity index (χ0) is 31.9. The zero-order valence-electron chi connectivity index (χ0n) is 27.3. The summed E-state index contributed by atoms with van der Waals surface area (Å²) in [5.41, 5.74) is 22.2. The summed E-state index contributed by atoms with van der Waals surface area (Å²) < 4.78 is 0. The lowest BCUT2D eigenvalue weighted by molar-refractivity contribution is 1.01. The van der Waals surface area contributed by atoms with Crippen LogP contribution in [-0.2, 0) is 0 Å². The summed E-state index contributed by atoms with van der Waals surface area (Å²) in [6.07, 6.45) is 6.97. The number of hydrogen-bond donors (Lipinski definition) is 0. The van der Waals surface area contributed by atoms with Gasteiger partial charge in [0.1, 0.15) is 0 Å². The smallest absolute Gasteiger partial charge is 0.0184 e. The van der Waals surface area contributed by atoms with Gasteiger partial charge in [-0.25, -0.2) is 0 Å². The Bertz CT molecular complexity index is 2030. The second-order valence-electron chi connectivity index (χ2n) is 13.4. The summed E-state index contributed by atoms with van der Waals surface area (Å²) in [6, 6.07) is 58.5. The van der Waals surface area contributed by atoms with Crippen LogP contribution < -0.4 is 0 Å². The second kappa shape index (κ2) is 12.3. The minimum atomic E-state index is 1.15. The van der Waals surface area contributed by atoms with Gasteiger partial charge in [-0.1, -0.05) is 158 Å². The van der Waals surface area contributed by atoms with Crippen molar-refractivity contribution < 1.29 is 0 Å². The molecule has 230 valence electrons. The van der Waals surface area contributed by atoms with Gasteiger partial charge in [0.05, 0.1) is 0 Å². The SMILES string of the molecule is c1ccc(C2=C(c3ccc(-c4ccc(C5=C(c6ccc(-c7ccc(C8=C(c9ccccc9)CC8)cc7)cc6)CC5)cc4)cc3)CC2)cc1. The first-order valence-electron chi connectivity index (χ1n) is 17.5. The van der Waals surface area contributed by atoms with E-state index < -0.39 is 0 Å². The molecule has 0 nitrogen and oxygen atoms in total. The molecule has 0 saturated carbocycles. The van der Waals surface area contributed by atoms with E-state index >= 15 is 0 Å². The summed E-state index contributed by atoms with van der Waals surface area (Å²) in [7, 11) is 0. The van der Waals surface area contributed by atoms with Crippen molar-refractivity contribution in [3.05, 3.63) is 191 Å².